The second-order valence-corrected chi connectivity index (χ2v) is 6.67. The Hall–Kier alpha value is -2.45. The lowest BCUT2D eigenvalue weighted by Crippen LogP contribution is -2.49. The second-order valence-electron chi connectivity index (χ2n) is 6.67. The van der Waals surface area contributed by atoms with Crippen LogP contribution in [0, 0.1) is 0 Å². The Balaban J connectivity index is 1.57. The minimum absolute atomic E-state index is 0.259. The quantitative estimate of drug-likeness (QED) is 0.896. The van der Waals surface area contributed by atoms with Crippen molar-refractivity contribution >= 4 is 28.7 Å². The van der Waals surface area contributed by atoms with Crippen molar-refractivity contribution in [1.29, 1.82) is 0 Å². The molecule has 1 N–H and O–H groups in total. The summed E-state index contributed by atoms with van der Waals surface area (Å²) in [5.41, 5.74) is 1.80. The van der Waals surface area contributed by atoms with Crippen LogP contribution in [0.4, 0.5) is 10.6 Å². The first kappa shape index (κ1) is 16.0. The molecule has 0 atom stereocenters. The Morgan fingerprint density at radius 3 is 2.72 bits per heavy atom. The molecule has 3 heterocycles. The van der Waals surface area contributed by atoms with Crippen molar-refractivity contribution < 1.29 is 14.1 Å². The van der Waals surface area contributed by atoms with Crippen LogP contribution in [0.15, 0.2) is 22.7 Å². The maximum absolute atomic E-state index is 12.1. The number of piperazine rings is 1. The first-order chi connectivity index (χ1) is 12.1. The molecule has 25 heavy (non-hydrogen) atoms. The Bertz CT molecular complexity index is 810. The van der Waals surface area contributed by atoms with E-state index in [1.807, 2.05) is 18.2 Å². The fourth-order valence-corrected chi connectivity index (χ4v) is 3.30. The highest BCUT2D eigenvalue weighted by atomic mass is 16.5. The van der Waals surface area contributed by atoms with E-state index in [1.165, 1.54) is 4.90 Å². The van der Waals surface area contributed by atoms with Crippen molar-refractivity contribution in [3.8, 4) is 0 Å². The summed E-state index contributed by atoms with van der Waals surface area (Å²) < 4.78 is 5.36. The molecule has 1 aromatic carbocycles. The van der Waals surface area contributed by atoms with Crippen molar-refractivity contribution in [2.24, 2.45) is 0 Å². The number of likely N-dealkylation sites (N-methyl/N-ethyl adjacent to an activating group) is 1. The van der Waals surface area contributed by atoms with Gasteiger partial charge >= 0.3 is 6.03 Å². The zero-order chi connectivity index (χ0) is 17.4. The molecule has 0 radical (unpaired) electrons. The molecule has 0 saturated carbocycles. The lowest BCUT2D eigenvalue weighted by atomic mass is 10.1. The van der Waals surface area contributed by atoms with Crippen molar-refractivity contribution in [3.05, 3.63) is 23.8 Å². The highest BCUT2D eigenvalue weighted by molar-refractivity contribution is 6.08. The fraction of sp³-hybridized carbons (Fsp3) is 0.471. The standard InChI is InChI=1S/C17H21N5O3/c1-20-6-8-21(9-7-20)11-12-2-3-14-13(10-12)16(19-25-14)22-5-4-15(23)18-17(22)24/h2-3,10H,4-9,11H2,1H3,(H,18,23,24). The highest BCUT2D eigenvalue weighted by Crippen LogP contribution is 2.28. The third-order valence-corrected chi connectivity index (χ3v) is 4.83. The number of carbonyl (C=O) groups is 2. The van der Waals surface area contributed by atoms with Gasteiger partial charge in [0.1, 0.15) is 0 Å². The summed E-state index contributed by atoms with van der Waals surface area (Å²) in [4.78, 5) is 29.6. The van der Waals surface area contributed by atoms with E-state index in [0.29, 0.717) is 17.9 Å². The molecule has 0 spiro atoms. The molecule has 8 nitrogen and oxygen atoms in total. The number of rotatable bonds is 3. The normalized spacial score (nSPS) is 20.3. The minimum Gasteiger partial charge on any atom is -0.354 e. The Labute approximate surface area is 145 Å². The summed E-state index contributed by atoms with van der Waals surface area (Å²) in [6, 6.07) is 5.51. The summed E-state index contributed by atoms with van der Waals surface area (Å²) in [5, 5.41) is 7.17. The molecule has 0 unspecified atom stereocenters. The third kappa shape index (κ3) is 3.22. The monoisotopic (exact) mass is 343 g/mol. The summed E-state index contributed by atoms with van der Waals surface area (Å²) in [6.45, 7) is 5.41. The van der Waals surface area contributed by atoms with Crippen molar-refractivity contribution in [2.45, 2.75) is 13.0 Å². The van der Waals surface area contributed by atoms with Crippen LogP contribution in [0.3, 0.4) is 0 Å². The topological polar surface area (TPSA) is 81.9 Å². The number of fused-ring (bicyclic) bond motifs is 1. The zero-order valence-corrected chi connectivity index (χ0v) is 14.2. The largest absolute Gasteiger partial charge is 0.354 e. The number of imide groups is 1. The predicted molar refractivity (Wildman–Crippen MR) is 92.3 cm³/mol. The summed E-state index contributed by atoms with van der Waals surface area (Å²) in [7, 11) is 2.14. The van der Waals surface area contributed by atoms with Crippen molar-refractivity contribution in [2.75, 3.05) is 44.7 Å². The van der Waals surface area contributed by atoms with Gasteiger partial charge in [0.05, 0.1) is 5.39 Å². The maximum atomic E-state index is 12.1. The second kappa shape index (κ2) is 6.45. The van der Waals surface area contributed by atoms with Crippen LogP contribution in [-0.2, 0) is 11.3 Å². The van der Waals surface area contributed by atoms with Crippen LogP contribution >= 0.6 is 0 Å². The number of amides is 3. The molecular formula is C17H21N5O3. The maximum Gasteiger partial charge on any atom is 0.329 e. The minimum atomic E-state index is -0.448. The van der Waals surface area contributed by atoms with Gasteiger partial charge in [0, 0.05) is 45.7 Å². The molecule has 2 aliphatic heterocycles. The molecule has 132 valence electrons. The van der Waals surface area contributed by atoms with Gasteiger partial charge in [-0.1, -0.05) is 11.2 Å². The van der Waals surface area contributed by atoms with E-state index in [1.54, 1.807) is 0 Å². The van der Waals surface area contributed by atoms with E-state index in [-0.39, 0.29) is 12.3 Å². The molecule has 3 amide bonds. The van der Waals surface area contributed by atoms with Crippen LogP contribution in [-0.4, -0.2) is 66.7 Å². The molecule has 2 aliphatic rings. The van der Waals surface area contributed by atoms with Crippen molar-refractivity contribution in [3.63, 3.8) is 0 Å². The number of nitrogens with one attached hydrogen (secondary N) is 1. The summed E-state index contributed by atoms with van der Waals surface area (Å²) in [6.07, 6.45) is 0.265. The van der Waals surface area contributed by atoms with Gasteiger partial charge in [-0.05, 0) is 24.7 Å². The van der Waals surface area contributed by atoms with E-state index in [9.17, 15) is 9.59 Å². The van der Waals surface area contributed by atoms with E-state index < -0.39 is 6.03 Å². The smallest absolute Gasteiger partial charge is 0.329 e. The van der Waals surface area contributed by atoms with Gasteiger partial charge in [0.2, 0.25) is 5.91 Å². The molecule has 0 aliphatic carbocycles. The van der Waals surface area contributed by atoms with E-state index in [2.05, 4.69) is 27.3 Å². The van der Waals surface area contributed by atoms with Gasteiger partial charge in [-0.2, -0.15) is 0 Å². The number of benzene rings is 1. The van der Waals surface area contributed by atoms with E-state index in [4.69, 9.17) is 4.52 Å². The number of hydrogen-bond donors (Lipinski definition) is 1. The van der Waals surface area contributed by atoms with Gasteiger partial charge in [0.15, 0.2) is 11.4 Å². The highest BCUT2D eigenvalue weighted by Gasteiger charge is 2.28. The number of hydrogen-bond acceptors (Lipinski definition) is 6. The number of aromatic nitrogens is 1. The fourth-order valence-electron chi connectivity index (χ4n) is 3.30. The Morgan fingerprint density at radius 2 is 1.96 bits per heavy atom. The molecule has 2 aromatic rings. The average molecular weight is 343 g/mol. The van der Waals surface area contributed by atoms with Crippen LogP contribution < -0.4 is 10.2 Å². The summed E-state index contributed by atoms with van der Waals surface area (Å²) in [5.74, 6) is 0.213. The van der Waals surface area contributed by atoms with Crippen LogP contribution in [0.1, 0.15) is 12.0 Å². The van der Waals surface area contributed by atoms with Gasteiger partial charge < -0.3 is 9.42 Å². The van der Waals surface area contributed by atoms with Crippen LogP contribution in [0.25, 0.3) is 11.0 Å². The van der Waals surface area contributed by atoms with Gasteiger partial charge in [0.25, 0.3) is 0 Å². The third-order valence-electron chi connectivity index (χ3n) is 4.83. The Kier molecular flexibility index (Phi) is 4.14. The lowest BCUT2D eigenvalue weighted by molar-refractivity contribution is -0.120. The number of carbonyl (C=O) groups excluding carboxylic acids is 2. The van der Waals surface area contributed by atoms with Gasteiger partial charge in [-0.3, -0.25) is 19.9 Å². The first-order valence-corrected chi connectivity index (χ1v) is 8.51. The number of urea groups is 1. The van der Waals surface area contributed by atoms with Crippen LogP contribution in [0.2, 0.25) is 0 Å². The van der Waals surface area contributed by atoms with E-state index in [0.717, 1.165) is 43.7 Å². The Morgan fingerprint density at radius 1 is 1.16 bits per heavy atom. The van der Waals surface area contributed by atoms with E-state index >= 15 is 0 Å². The molecule has 2 saturated heterocycles. The summed E-state index contributed by atoms with van der Waals surface area (Å²) >= 11 is 0. The SMILES string of the molecule is CN1CCN(Cc2ccc3onc(N4CCC(=O)NC4=O)c3c2)CC1. The molecule has 1 aromatic heterocycles. The average Bonchev–Trinajstić information content (AvgIpc) is 3.00. The van der Waals surface area contributed by atoms with Crippen molar-refractivity contribution in [1.82, 2.24) is 20.3 Å². The number of nitrogens with zero attached hydrogens (tertiary/aromatic N) is 4. The lowest BCUT2D eigenvalue weighted by Gasteiger charge is -2.32. The van der Waals surface area contributed by atoms with Gasteiger partial charge in [-0.15, -0.1) is 0 Å². The molecule has 4 rings (SSSR count). The molecule has 0 bridgehead atoms. The number of anilines is 1. The molecule has 2 fully saturated rings. The first-order valence-electron chi connectivity index (χ1n) is 8.51. The molecule has 8 heteroatoms. The molecular weight excluding hydrogens is 322 g/mol. The zero-order valence-electron chi connectivity index (χ0n) is 14.2. The predicted octanol–water partition coefficient (Wildman–Crippen LogP) is 1.02. The van der Waals surface area contributed by atoms with Crippen LogP contribution in [0.5, 0.6) is 0 Å². The van der Waals surface area contributed by atoms with Gasteiger partial charge in [-0.25, -0.2) is 4.79 Å².